The first-order valence-corrected chi connectivity index (χ1v) is 8.90. The third-order valence-corrected chi connectivity index (χ3v) is 5.38. The summed E-state index contributed by atoms with van der Waals surface area (Å²) in [6, 6.07) is 2.12. The van der Waals surface area contributed by atoms with E-state index in [4.69, 9.17) is 9.15 Å². The van der Waals surface area contributed by atoms with Crippen LogP contribution in [0.25, 0.3) is 10.8 Å². The number of hydrogen-bond donors (Lipinski definition) is 1. The van der Waals surface area contributed by atoms with E-state index < -0.39 is 0 Å². The molecule has 1 saturated heterocycles. The quantitative estimate of drug-likeness (QED) is 0.871. The lowest BCUT2D eigenvalue weighted by molar-refractivity contribution is -0.0184. The van der Waals surface area contributed by atoms with E-state index in [-0.39, 0.29) is 6.10 Å². The molecule has 0 bridgehead atoms. The highest BCUT2D eigenvalue weighted by molar-refractivity contribution is 7.15. The number of likely N-dealkylation sites (N-methyl/N-ethyl adjacent to an activating group) is 1. The number of ether oxygens (including phenoxy) is 1. The number of nitrogens with one attached hydrogen (secondary N) is 1. The van der Waals surface area contributed by atoms with Crippen molar-refractivity contribution in [3.63, 3.8) is 0 Å². The van der Waals surface area contributed by atoms with Crippen molar-refractivity contribution in [1.29, 1.82) is 0 Å². The first-order valence-electron chi connectivity index (χ1n) is 8.08. The summed E-state index contributed by atoms with van der Waals surface area (Å²) in [6.45, 7) is 8.40. The lowest BCUT2D eigenvalue weighted by Crippen LogP contribution is -2.44. The molecule has 0 saturated carbocycles. The van der Waals surface area contributed by atoms with Gasteiger partial charge in [-0.05, 0) is 32.0 Å². The lowest BCUT2D eigenvalue weighted by Gasteiger charge is -2.30. The molecule has 2 aromatic rings. The van der Waals surface area contributed by atoms with Gasteiger partial charge in [0.05, 0.1) is 24.1 Å². The third-order valence-electron chi connectivity index (χ3n) is 4.01. The van der Waals surface area contributed by atoms with Gasteiger partial charge < -0.3 is 19.4 Å². The summed E-state index contributed by atoms with van der Waals surface area (Å²) in [5.41, 5.74) is 1.30. The van der Waals surface area contributed by atoms with Crippen LogP contribution in [-0.2, 0) is 17.7 Å². The van der Waals surface area contributed by atoms with Crippen molar-refractivity contribution in [3.8, 4) is 10.8 Å². The summed E-state index contributed by atoms with van der Waals surface area (Å²) >= 11 is 1.73. The van der Waals surface area contributed by atoms with E-state index in [0.717, 1.165) is 37.5 Å². The molecule has 1 aliphatic rings. The fourth-order valence-corrected chi connectivity index (χ4v) is 3.77. The average molecular weight is 336 g/mol. The highest BCUT2D eigenvalue weighted by Gasteiger charge is 2.18. The van der Waals surface area contributed by atoms with Crippen molar-refractivity contribution < 1.29 is 9.15 Å². The maximum absolute atomic E-state index is 5.77. The van der Waals surface area contributed by atoms with E-state index in [9.17, 15) is 0 Å². The molecule has 2 aromatic heterocycles. The molecule has 1 fully saturated rings. The van der Waals surface area contributed by atoms with Crippen LogP contribution >= 0.6 is 11.3 Å². The minimum Gasteiger partial charge on any atom is -0.419 e. The van der Waals surface area contributed by atoms with Gasteiger partial charge >= 0.3 is 0 Å². The van der Waals surface area contributed by atoms with Crippen LogP contribution in [0.1, 0.15) is 23.3 Å². The zero-order valence-electron chi connectivity index (χ0n) is 14.0. The first-order chi connectivity index (χ1) is 11.2. The molecule has 3 heterocycles. The number of hydrogen-bond acceptors (Lipinski definition) is 7. The largest absolute Gasteiger partial charge is 0.419 e. The summed E-state index contributed by atoms with van der Waals surface area (Å²) in [6.07, 6.45) is 1.26. The Balaban J connectivity index is 1.52. The lowest BCUT2D eigenvalue weighted by atomic mass is 10.2. The van der Waals surface area contributed by atoms with Crippen LogP contribution in [-0.4, -0.2) is 54.5 Å². The smallest absolute Gasteiger partial charge is 0.257 e. The molecule has 1 N–H and O–H groups in total. The molecule has 7 heteroatoms. The van der Waals surface area contributed by atoms with Gasteiger partial charge in [0.2, 0.25) is 5.89 Å². The van der Waals surface area contributed by atoms with Crippen LogP contribution in [0.3, 0.4) is 0 Å². The van der Waals surface area contributed by atoms with Crippen LogP contribution < -0.4 is 5.32 Å². The molecule has 0 aromatic carbocycles. The van der Waals surface area contributed by atoms with E-state index in [2.05, 4.69) is 47.4 Å². The van der Waals surface area contributed by atoms with Gasteiger partial charge in [0, 0.05) is 24.5 Å². The van der Waals surface area contributed by atoms with E-state index in [1.54, 1.807) is 11.3 Å². The molecule has 0 spiro atoms. The van der Waals surface area contributed by atoms with Gasteiger partial charge in [0.1, 0.15) is 0 Å². The number of morpholine rings is 1. The predicted octanol–water partition coefficient (Wildman–Crippen LogP) is 2.09. The minimum atomic E-state index is 0.225. The zero-order chi connectivity index (χ0) is 16.2. The molecule has 1 aliphatic heterocycles. The average Bonchev–Trinajstić information content (AvgIpc) is 3.14. The molecule has 3 rings (SSSR count). The molecule has 0 amide bonds. The summed E-state index contributed by atoms with van der Waals surface area (Å²) in [5.74, 6) is 1.23. The minimum absolute atomic E-state index is 0.225. The molecular weight excluding hydrogens is 312 g/mol. The Morgan fingerprint density at radius 3 is 3.04 bits per heavy atom. The molecular formula is C16H24N4O2S. The van der Waals surface area contributed by atoms with Crippen LogP contribution in [0.4, 0.5) is 0 Å². The normalized spacial score (nSPS) is 19.3. The van der Waals surface area contributed by atoms with Gasteiger partial charge in [-0.2, -0.15) is 0 Å². The summed E-state index contributed by atoms with van der Waals surface area (Å²) in [7, 11) is 2.12. The van der Waals surface area contributed by atoms with Crippen molar-refractivity contribution >= 4 is 11.3 Å². The number of nitrogens with zero attached hydrogens (tertiary/aromatic N) is 3. The van der Waals surface area contributed by atoms with E-state index in [0.29, 0.717) is 18.3 Å². The van der Waals surface area contributed by atoms with Gasteiger partial charge in [-0.15, -0.1) is 21.5 Å². The molecule has 23 heavy (non-hydrogen) atoms. The van der Waals surface area contributed by atoms with Crippen molar-refractivity contribution in [2.24, 2.45) is 0 Å². The van der Waals surface area contributed by atoms with Crippen LogP contribution in [0.5, 0.6) is 0 Å². The molecule has 0 aliphatic carbocycles. The molecule has 1 atom stereocenters. The zero-order valence-corrected chi connectivity index (χ0v) is 14.8. The predicted molar refractivity (Wildman–Crippen MR) is 90.7 cm³/mol. The van der Waals surface area contributed by atoms with Gasteiger partial charge in [0.15, 0.2) is 0 Å². The highest BCUT2D eigenvalue weighted by atomic mass is 32.1. The highest BCUT2D eigenvalue weighted by Crippen LogP contribution is 2.30. The Bertz CT molecular complexity index is 640. The van der Waals surface area contributed by atoms with E-state index in [1.807, 2.05) is 0 Å². The molecule has 0 unspecified atom stereocenters. The Kier molecular flexibility index (Phi) is 5.42. The van der Waals surface area contributed by atoms with Crippen LogP contribution in [0.2, 0.25) is 0 Å². The van der Waals surface area contributed by atoms with E-state index >= 15 is 0 Å². The first kappa shape index (κ1) is 16.6. The fraction of sp³-hybridized carbons (Fsp3) is 0.625. The number of aryl methyl sites for hydroxylation is 2. The van der Waals surface area contributed by atoms with Crippen LogP contribution in [0.15, 0.2) is 10.5 Å². The van der Waals surface area contributed by atoms with Gasteiger partial charge in [-0.3, -0.25) is 0 Å². The summed E-state index contributed by atoms with van der Waals surface area (Å²) in [5, 5.41) is 11.6. The van der Waals surface area contributed by atoms with Gasteiger partial charge in [-0.1, -0.05) is 6.92 Å². The number of rotatable bonds is 6. The summed E-state index contributed by atoms with van der Waals surface area (Å²) < 4.78 is 11.5. The second-order valence-corrected chi connectivity index (χ2v) is 7.09. The molecule has 126 valence electrons. The maximum Gasteiger partial charge on any atom is 0.257 e. The van der Waals surface area contributed by atoms with E-state index in [1.165, 1.54) is 10.4 Å². The second kappa shape index (κ2) is 7.53. The topological polar surface area (TPSA) is 63.4 Å². The molecule has 6 nitrogen and oxygen atoms in total. The monoisotopic (exact) mass is 336 g/mol. The van der Waals surface area contributed by atoms with Crippen molar-refractivity contribution in [3.05, 3.63) is 22.4 Å². The fourth-order valence-electron chi connectivity index (χ4n) is 2.73. The van der Waals surface area contributed by atoms with Gasteiger partial charge in [-0.25, -0.2) is 0 Å². The Hall–Kier alpha value is -1.28. The Morgan fingerprint density at radius 2 is 2.30 bits per heavy atom. The second-order valence-electron chi connectivity index (χ2n) is 5.96. The SMILES string of the molecule is CCc1sc(-c2nnc(CNC[C@H]3CN(C)CCO3)o2)cc1C. The number of thiophene rings is 1. The number of aromatic nitrogens is 2. The summed E-state index contributed by atoms with van der Waals surface area (Å²) in [4.78, 5) is 4.71. The standard InChI is InChI=1S/C16H24N4O2S/c1-4-13-11(2)7-14(23-13)16-19-18-15(22-16)9-17-8-12-10-20(3)5-6-21-12/h7,12,17H,4-6,8-10H2,1-3H3/t12-/m0/s1. The Labute approximate surface area is 140 Å². The van der Waals surface area contributed by atoms with Crippen LogP contribution in [0, 0.1) is 6.92 Å². The van der Waals surface area contributed by atoms with Gasteiger partial charge in [0.25, 0.3) is 5.89 Å². The maximum atomic E-state index is 5.77. The van der Waals surface area contributed by atoms with Crippen molar-refractivity contribution in [2.75, 3.05) is 33.3 Å². The molecule has 0 radical (unpaired) electrons. The third kappa shape index (κ3) is 4.17. The Morgan fingerprint density at radius 1 is 1.43 bits per heavy atom. The van der Waals surface area contributed by atoms with Crippen molar-refractivity contribution in [2.45, 2.75) is 32.9 Å². The van der Waals surface area contributed by atoms with Crippen molar-refractivity contribution in [1.82, 2.24) is 20.4 Å².